The average molecular weight is 326 g/mol. The van der Waals surface area contributed by atoms with Gasteiger partial charge in [0.1, 0.15) is 5.76 Å². The summed E-state index contributed by atoms with van der Waals surface area (Å²) in [5.74, 6) is 0.945. The number of hydrogen-bond acceptors (Lipinski definition) is 3. The molecular weight excluding hydrogens is 310 g/mol. The predicted molar refractivity (Wildman–Crippen MR) is 79.8 cm³/mol. The maximum atomic E-state index is 6.12. The summed E-state index contributed by atoms with van der Waals surface area (Å²) in [6.45, 7) is 4.01. The second-order valence-corrected chi connectivity index (χ2v) is 6.39. The van der Waals surface area contributed by atoms with Gasteiger partial charge in [-0.05, 0) is 37.6 Å². The summed E-state index contributed by atoms with van der Waals surface area (Å²) in [7, 11) is 0. The number of halogens is 1. The molecule has 1 heterocycles. The molecule has 2 nitrogen and oxygen atoms in total. The molecule has 0 radical (unpaired) electrons. The van der Waals surface area contributed by atoms with Crippen molar-refractivity contribution in [1.82, 2.24) is 0 Å². The highest BCUT2D eigenvalue weighted by Gasteiger charge is 2.19. The van der Waals surface area contributed by atoms with Gasteiger partial charge in [-0.1, -0.05) is 28.1 Å². The zero-order chi connectivity index (χ0) is 13.1. The number of hydrogen-bond donors (Lipinski definition) is 1. The van der Waals surface area contributed by atoms with Crippen LogP contribution in [0.4, 0.5) is 0 Å². The Bertz CT molecular complexity index is 524. The predicted octanol–water partition coefficient (Wildman–Crippen LogP) is 4.53. The maximum absolute atomic E-state index is 6.12. The van der Waals surface area contributed by atoms with Crippen molar-refractivity contribution in [2.75, 3.05) is 0 Å². The topological polar surface area (TPSA) is 39.2 Å². The monoisotopic (exact) mass is 325 g/mol. The molecule has 2 unspecified atom stereocenters. The highest BCUT2D eigenvalue weighted by Crippen LogP contribution is 2.39. The number of furan rings is 1. The molecule has 2 aromatic rings. The lowest BCUT2D eigenvalue weighted by Crippen LogP contribution is -2.22. The first kappa shape index (κ1) is 13.7. The van der Waals surface area contributed by atoms with E-state index < -0.39 is 0 Å². The van der Waals surface area contributed by atoms with E-state index in [0.717, 1.165) is 15.1 Å². The van der Waals surface area contributed by atoms with Crippen LogP contribution in [0.3, 0.4) is 0 Å². The number of aryl methyl sites for hydroxylation is 1. The maximum Gasteiger partial charge on any atom is 0.114 e. The molecule has 0 aliphatic rings. The first-order valence-electron chi connectivity index (χ1n) is 5.79. The van der Waals surface area contributed by atoms with Gasteiger partial charge in [0.05, 0.1) is 6.26 Å². The van der Waals surface area contributed by atoms with Gasteiger partial charge in [0, 0.05) is 20.7 Å². The Hall–Kier alpha value is -0.710. The summed E-state index contributed by atoms with van der Waals surface area (Å²) >= 11 is 5.26. The number of nitrogens with two attached hydrogens (primary N) is 1. The van der Waals surface area contributed by atoms with Crippen molar-refractivity contribution >= 4 is 27.7 Å². The van der Waals surface area contributed by atoms with Gasteiger partial charge in [-0.15, -0.1) is 11.8 Å². The number of thioether (sulfide) groups is 1. The van der Waals surface area contributed by atoms with E-state index in [4.69, 9.17) is 10.2 Å². The normalized spacial score (nSPS) is 14.4. The SMILES string of the molecule is Cc1occc1SC(c1cccc(Br)c1)C(C)N. The molecule has 2 rings (SSSR count). The van der Waals surface area contributed by atoms with Crippen LogP contribution in [-0.4, -0.2) is 6.04 Å². The molecule has 0 aliphatic carbocycles. The van der Waals surface area contributed by atoms with E-state index in [1.54, 1.807) is 18.0 Å². The van der Waals surface area contributed by atoms with Crippen molar-refractivity contribution in [3.63, 3.8) is 0 Å². The van der Waals surface area contributed by atoms with Crippen LogP contribution in [-0.2, 0) is 0 Å². The minimum atomic E-state index is 0.0681. The first-order chi connectivity index (χ1) is 8.58. The first-order valence-corrected chi connectivity index (χ1v) is 7.47. The highest BCUT2D eigenvalue weighted by molar-refractivity contribution is 9.10. The second kappa shape index (κ2) is 5.95. The van der Waals surface area contributed by atoms with Crippen LogP contribution in [0.1, 0.15) is 23.5 Å². The minimum Gasteiger partial charge on any atom is -0.468 e. The standard InChI is InChI=1S/C14H16BrNOS/c1-9(16)14(11-4-3-5-12(15)8-11)18-13-6-7-17-10(13)2/h3-9,14H,16H2,1-2H3. The zero-order valence-electron chi connectivity index (χ0n) is 10.4. The Balaban J connectivity index is 2.27. The van der Waals surface area contributed by atoms with E-state index in [1.165, 1.54) is 5.56 Å². The van der Waals surface area contributed by atoms with Crippen molar-refractivity contribution in [3.05, 3.63) is 52.4 Å². The summed E-state index contributed by atoms with van der Waals surface area (Å²) in [4.78, 5) is 1.15. The van der Waals surface area contributed by atoms with Gasteiger partial charge in [0.2, 0.25) is 0 Å². The van der Waals surface area contributed by atoms with Crippen molar-refractivity contribution < 1.29 is 4.42 Å². The number of benzene rings is 1. The Labute approximate surface area is 120 Å². The largest absolute Gasteiger partial charge is 0.468 e. The van der Waals surface area contributed by atoms with E-state index in [9.17, 15) is 0 Å². The molecule has 1 aromatic carbocycles. The molecule has 18 heavy (non-hydrogen) atoms. The van der Waals surface area contributed by atoms with E-state index in [-0.39, 0.29) is 11.3 Å². The third kappa shape index (κ3) is 3.19. The lowest BCUT2D eigenvalue weighted by Gasteiger charge is -2.20. The molecule has 0 saturated heterocycles. The minimum absolute atomic E-state index is 0.0681. The quantitative estimate of drug-likeness (QED) is 0.839. The van der Waals surface area contributed by atoms with Gasteiger partial charge in [0.15, 0.2) is 0 Å². The summed E-state index contributed by atoms with van der Waals surface area (Å²) in [6.07, 6.45) is 1.72. The molecule has 1 aromatic heterocycles. The average Bonchev–Trinajstić information content (AvgIpc) is 2.71. The third-order valence-electron chi connectivity index (χ3n) is 2.72. The lowest BCUT2D eigenvalue weighted by molar-refractivity contribution is 0.526. The van der Waals surface area contributed by atoms with E-state index in [1.807, 2.05) is 32.0 Å². The van der Waals surface area contributed by atoms with Gasteiger partial charge in [-0.3, -0.25) is 0 Å². The Morgan fingerprint density at radius 2 is 2.11 bits per heavy atom. The van der Waals surface area contributed by atoms with Crippen molar-refractivity contribution in [2.24, 2.45) is 5.73 Å². The van der Waals surface area contributed by atoms with Crippen LogP contribution in [0, 0.1) is 6.92 Å². The van der Waals surface area contributed by atoms with E-state index >= 15 is 0 Å². The van der Waals surface area contributed by atoms with Crippen molar-refractivity contribution in [1.29, 1.82) is 0 Å². The fraction of sp³-hybridized carbons (Fsp3) is 0.286. The smallest absolute Gasteiger partial charge is 0.114 e. The van der Waals surface area contributed by atoms with E-state index in [0.29, 0.717) is 0 Å². The second-order valence-electron chi connectivity index (χ2n) is 4.29. The molecule has 0 bridgehead atoms. The summed E-state index contributed by atoms with van der Waals surface area (Å²) in [5.41, 5.74) is 7.35. The fourth-order valence-electron chi connectivity index (χ4n) is 1.79. The van der Waals surface area contributed by atoms with Gasteiger partial charge >= 0.3 is 0 Å². The summed E-state index contributed by atoms with van der Waals surface area (Å²) < 4.78 is 6.41. The van der Waals surface area contributed by atoms with Crippen LogP contribution >= 0.6 is 27.7 Å². The summed E-state index contributed by atoms with van der Waals surface area (Å²) in [6, 6.07) is 10.4. The molecule has 0 amide bonds. The Kier molecular flexibility index (Phi) is 4.54. The van der Waals surface area contributed by atoms with Crippen LogP contribution in [0.25, 0.3) is 0 Å². The van der Waals surface area contributed by atoms with Gasteiger partial charge in [0.25, 0.3) is 0 Å². The molecule has 4 heteroatoms. The molecular formula is C14H16BrNOS. The van der Waals surface area contributed by atoms with Gasteiger partial charge in [-0.2, -0.15) is 0 Å². The van der Waals surface area contributed by atoms with Crippen molar-refractivity contribution in [2.45, 2.75) is 30.0 Å². The van der Waals surface area contributed by atoms with Crippen LogP contribution in [0.5, 0.6) is 0 Å². The molecule has 96 valence electrons. The van der Waals surface area contributed by atoms with Crippen LogP contribution in [0.2, 0.25) is 0 Å². The third-order valence-corrected chi connectivity index (χ3v) is 4.85. The van der Waals surface area contributed by atoms with Gasteiger partial charge < -0.3 is 10.2 Å². The molecule has 0 spiro atoms. The van der Waals surface area contributed by atoms with Gasteiger partial charge in [-0.25, -0.2) is 0 Å². The molecule has 2 N–H and O–H groups in total. The summed E-state index contributed by atoms with van der Waals surface area (Å²) in [5, 5.41) is 0.221. The molecule has 0 saturated carbocycles. The zero-order valence-corrected chi connectivity index (χ0v) is 12.8. The van der Waals surface area contributed by atoms with E-state index in [2.05, 4.69) is 28.1 Å². The van der Waals surface area contributed by atoms with Crippen LogP contribution < -0.4 is 5.73 Å². The molecule has 0 aliphatic heterocycles. The van der Waals surface area contributed by atoms with Crippen LogP contribution in [0.15, 0.2) is 50.4 Å². The number of rotatable bonds is 4. The highest BCUT2D eigenvalue weighted by atomic mass is 79.9. The Morgan fingerprint density at radius 3 is 2.67 bits per heavy atom. The lowest BCUT2D eigenvalue weighted by atomic mass is 10.1. The molecule has 0 fully saturated rings. The van der Waals surface area contributed by atoms with Crippen molar-refractivity contribution in [3.8, 4) is 0 Å². The fourth-order valence-corrected chi connectivity index (χ4v) is 3.33. The Morgan fingerprint density at radius 1 is 1.33 bits per heavy atom. The molecule has 2 atom stereocenters.